The quantitative estimate of drug-likeness (QED) is 0.343. The molecular weight excluding hydrogens is 476 g/mol. The van der Waals surface area contributed by atoms with E-state index in [4.69, 9.17) is 4.74 Å². The first-order valence-corrected chi connectivity index (χ1v) is 14.2. The summed E-state index contributed by atoms with van der Waals surface area (Å²) in [4.78, 5) is 29.1. The van der Waals surface area contributed by atoms with Gasteiger partial charge >= 0.3 is 0 Å². The molecule has 1 amide bonds. The maximum absolute atomic E-state index is 13.0. The molecule has 1 aromatic carbocycles. The third kappa shape index (κ3) is 5.14. The number of anilines is 1. The molecule has 0 radical (unpaired) electrons. The Labute approximate surface area is 216 Å². The average molecular weight is 511 g/mol. The van der Waals surface area contributed by atoms with Gasteiger partial charge in [0.05, 0.1) is 12.9 Å². The number of hydrogen-bond acceptors (Lipinski definition) is 7. The van der Waals surface area contributed by atoms with Crippen LogP contribution in [-0.2, 0) is 17.6 Å². The van der Waals surface area contributed by atoms with E-state index in [1.807, 2.05) is 28.4 Å². The number of methoxy groups -OCH3 is 1. The molecule has 1 aliphatic carbocycles. The Bertz CT molecular complexity index is 1190. The van der Waals surface area contributed by atoms with Gasteiger partial charge in [-0.2, -0.15) is 0 Å². The van der Waals surface area contributed by atoms with Gasteiger partial charge in [0.2, 0.25) is 5.91 Å². The van der Waals surface area contributed by atoms with Crippen molar-refractivity contribution in [3.8, 4) is 5.75 Å². The number of aromatic nitrogens is 2. The highest BCUT2D eigenvalue weighted by molar-refractivity contribution is 8.00. The molecule has 8 heteroatoms. The second-order valence-corrected chi connectivity index (χ2v) is 12.6. The summed E-state index contributed by atoms with van der Waals surface area (Å²) in [5, 5.41) is 2.16. The van der Waals surface area contributed by atoms with E-state index in [-0.39, 0.29) is 5.91 Å². The zero-order valence-corrected chi connectivity index (χ0v) is 22.7. The van der Waals surface area contributed by atoms with E-state index < -0.39 is 0 Å². The lowest BCUT2D eigenvalue weighted by molar-refractivity contribution is -0.128. The summed E-state index contributed by atoms with van der Waals surface area (Å²) < 4.78 is 5.26. The highest BCUT2D eigenvalue weighted by Gasteiger charge is 2.32. The first-order chi connectivity index (χ1) is 16.8. The molecular formula is C27H34N4O2S2. The number of amides is 1. The molecule has 2 aliphatic rings. The van der Waals surface area contributed by atoms with Crippen molar-refractivity contribution in [3.63, 3.8) is 0 Å². The first kappa shape index (κ1) is 24.4. The molecule has 0 saturated carbocycles. The van der Waals surface area contributed by atoms with Crippen molar-refractivity contribution in [2.75, 3.05) is 43.9 Å². The Hall–Kier alpha value is -2.32. The number of carbonyl (C=O) groups is 1. The summed E-state index contributed by atoms with van der Waals surface area (Å²) in [6, 6.07) is 8.13. The summed E-state index contributed by atoms with van der Waals surface area (Å²) in [5.41, 5.74) is 2.92. The van der Waals surface area contributed by atoms with Crippen molar-refractivity contribution in [2.24, 2.45) is 11.3 Å². The van der Waals surface area contributed by atoms with Crippen molar-refractivity contribution in [1.82, 2.24) is 14.9 Å². The number of thioether (sulfide) groups is 1. The molecule has 3 aromatic rings. The van der Waals surface area contributed by atoms with Gasteiger partial charge in [-0.3, -0.25) is 4.79 Å². The highest BCUT2D eigenvalue weighted by atomic mass is 32.2. The summed E-state index contributed by atoms with van der Waals surface area (Å²) in [5.74, 6) is 2.17. The normalized spacial score (nSPS) is 18.6. The van der Waals surface area contributed by atoms with E-state index in [1.165, 1.54) is 27.9 Å². The lowest BCUT2D eigenvalue weighted by Gasteiger charge is -2.36. The van der Waals surface area contributed by atoms with Crippen LogP contribution in [0.1, 0.15) is 37.6 Å². The van der Waals surface area contributed by atoms with Gasteiger partial charge in [-0.05, 0) is 60.4 Å². The summed E-state index contributed by atoms with van der Waals surface area (Å²) in [6.45, 7) is 10.2. The van der Waals surface area contributed by atoms with Gasteiger partial charge in [0.1, 0.15) is 21.9 Å². The molecule has 186 valence electrons. The van der Waals surface area contributed by atoms with Crippen molar-refractivity contribution >= 4 is 44.9 Å². The predicted octanol–water partition coefficient (Wildman–Crippen LogP) is 5.29. The largest absolute Gasteiger partial charge is 0.497 e. The molecule has 5 rings (SSSR count). The fourth-order valence-electron chi connectivity index (χ4n) is 5.16. The third-order valence-electron chi connectivity index (χ3n) is 7.44. The number of ether oxygens (including phenoxy) is 1. The van der Waals surface area contributed by atoms with Gasteiger partial charge in [0.15, 0.2) is 0 Å². The minimum absolute atomic E-state index is 0.188. The number of fused-ring (bicyclic) bond motifs is 3. The number of benzene rings is 1. The Morgan fingerprint density at radius 3 is 2.57 bits per heavy atom. The van der Waals surface area contributed by atoms with Crippen LogP contribution >= 0.6 is 23.1 Å². The molecule has 6 nitrogen and oxygen atoms in total. The van der Waals surface area contributed by atoms with Crippen LogP contribution in [0.15, 0.2) is 35.6 Å². The van der Waals surface area contributed by atoms with Gasteiger partial charge < -0.3 is 14.5 Å². The fraction of sp³-hybridized carbons (Fsp3) is 0.519. The molecule has 35 heavy (non-hydrogen) atoms. The van der Waals surface area contributed by atoms with Crippen molar-refractivity contribution < 1.29 is 9.53 Å². The van der Waals surface area contributed by atoms with Crippen LogP contribution in [0.25, 0.3) is 10.2 Å². The number of aryl methyl sites for hydroxylation is 1. The SMILES string of the molecule is COc1ccc(N2CCN(C(=O)CSc3ncnc4sc5c(c34)CCC(C(C)(C)C)C5)CC2)cc1. The van der Waals surface area contributed by atoms with E-state index in [0.717, 1.165) is 54.6 Å². The average Bonchev–Trinajstić information content (AvgIpc) is 3.25. The van der Waals surface area contributed by atoms with Crippen LogP contribution in [0.5, 0.6) is 5.75 Å². The molecule has 2 aromatic heterocycles. The van der Waals surface area contributed by atoms with Gasteiger partial charge in [0.25, 0.3) is 0 Å². The monoisotopic (exact) mass is 510 g/mol. The third-order valence-corrected chi connectivity index (χ3v) is 9.57. The Kier molecular flexibility index (Phi) is 6.95. The molecule has 1 unspecified atom stereocenters. The van der Waals surface area contributed by atoms with E-state index in [0.29, 0.717) is 17.1 Å². The summed E-state index contributed by atoms with van der Waals surface area (Å²) in [7, 11) is 1.68. The van der Waals surface area contributed by atoms with E-state index in [1.54, 1.807) is 25.2 Å². The lowest BCUT2D eigenvalue weighted by atomic mass is 9.72. The van der Waals surface area contributed by atoms with Crippen LogP contribution in [0.2, 0.25) is 0 Å². The van der Waals surface area contributed by atoms with E-state index in [2.05, 4.69) is 47.8 Å². The molecule has 3 heterocycles. The molecule has 1 fully saturated rings. The highest BCUT2D eigenvalue weighted by Crippen LogP contribution is 2.44. The van der Waals surface area contributed by atoms with Crippen molar-refractivity contribution in [2.45, 2.75) is 45.1 Å². The Morgan fingerprint density at radius 1 is 1.14 bits per heavy atom. The van der Waals surface area contributed by atoms with Crippen molar-refractivity contribution in [3.05, 3.63) is 41.0 Å². The number of thiophene rings is 1. The number of piperazine rings is 1. The summed E-state index contributed by atoms with van der Waals surface area (Å²) in [6.07, 6.45) is 5.07. The Morgan fingerprint density at radius 2 is 1.89 bits per heavy atom. The molecule has 1 atom stereocenters. The van der Waals surface area contributed by atoms with Gasteiger partial charge in [-0.15, -0.1) is 11.3 Å². The molecule has 0 spiro atoms. The molecule has 0 bridgehead atoms. The minimum atomic E-state index is 0.188. The van der Waals surface area contributed by atoms with Crippen LogP contribution in [-0.4, -0.2) is 59.8 Å². The standard InChI is InChI=1S/C27H34N4O2S2/c1-27(2,3)18-5-10-21-22(15-18)35-26-24(21)25(28-17-29-26)34-16-23(32)31-13-11-30(12-14-31)19-6-8-20(33-4)9-7-19/h6-9,17-18H,5,10-16H2,1-4H3. The molecule has 1 aliphatic heterocycles. The Balaban J connectivity index is 1.21. The number of carbonyl (C=O) groups excluding carboxylic acids is 1. The van der Waals surface area contributed by atoms with Crippen LogP contribution in [0.4, 0.5) is 5.69 Å². The topological polar surface area (TPSA) is 58.6 Å². The molecule has 1 saturated heterocycles. The fourth-order valence-corrected chi connectivity index (χ4v) is 7.42. The van der Waals surface area contributed by atoms with Crippen LogP contribution in [0, 0.1) is 11.3 Å². The number of hydrogen-bond donors (Lipinski definition) is 0. The minimum Gasteiger partial charge on any atom is -0.497 e. The van der Waals surface area contributed by atoms with Gasteiger partial charge in [-0.1, -0.05) is 32.5 Å². The van der Waals surface area contributed by atoms with E-state index >= 15 is 0 Å². The second kappa shape index (κ2) is 9.97. The molecule has 0 N–H and O–H groups in total. The second-order valence-electron chi connectivity index (χ2n) is 10.5. The van der Waals surface area contributed by atoms with Crippen LogP contribution < -0.4 is 9.64 Å². The first-order valence-electron chi connectivity index (χ1n) is 12.4. The van der Waals surface area contributed by atoms with Crippen molar-refractivity contribution in [1.29, 1.82) is 0 Å². The van der Waals surface area contributed by atoms with E-state index in [9.17, 15) is 4.79 Å². The lowest BCUT2D eigenvalue weighted by Crippen LogP contribution is -2.49. The summed E-state index contributed by atoms with van der Waals surface area (Å²) >= 11 is 3.40. The maximum Gasteiger partial charge on any atom is 0.233 e. The van der Waals surface area contributed by atoms with Crippen LogP contribution in [0.3, 0.4) is 0 Å². The maximum atomic E-state index is 13.0. The smallest absolute Gasteiger partial charge is 0.233 e. The number of nitrogens with zero attached hydrogens (tertiary/aromatic N) is 4. The number of rotatable bonds is 5. The predicted molar refractivity (Wildman–Crippen MR) is 145 cm³/mol. The van der Waals surface area contributed by atoms with Gasteiger partial charge in [0, 0.05) is 42.1 Å². The van der Waals surface area contributed by atoms with Gasteiger partial charge in [-0.25, -0.2) is 9.97 Å². The zero-order valence-electron chi connectivity index (χ0n) is 21.0. The zero-order chi connectivity index (χ0) is 24.6.